The molecule has 0 bridgehead atoms. The van der Waals surface area contributed by atoms with Crippen molar-refractivity contribution >= 4 is 28.6 Å². The Morgan fingerprint density at radius 1 is 1.12 bits per heavy atom. The van der Waals surface area contributed by atoms with Gasteiger partial charge in [0, 0.05) is 34.3 Å². The van der Waals surface area contributed by atoms with Gasteiger partial charge in [0.2, 0.25) is 11.5 Å². The van der Waals surface area contributed by atoms with Crippen molar-refractivity contribution in [2.45, 2.75) is 43.0 Å². The van der Waals surface area contributed by atoms with Gasteiger partial charge in [0.05, 0.1) is 12.2 Å². The van der Waals surface area contributed by atoms with Crippen LogP contribution in [0.5, 0.6) is 11.5 Å². The summed E-state index contributed by atoms with van der Waals surface area (Å²) in [6.07, 6.45) is -2.20. The van der Waals surface area contributed by atoms with E-state index in [0.717, 1.165) is 31.0 Å². The second-order valence-electron chi connectivity index (χ2n) is 11.9. The summed E-state index contributed by atoms with van der Waals surface area (Å²) in [5, 5.41) is 16.6. The highest BCUT2D eigenvalue weighted by molar-refractivity contribution is 6.00. The second-order valence-corrected chi connectivity index (χ2v) is 11.9. The van der Waals surface area contributed by atoms with Crippen LogP contribution in [0.1, 0.15) is 41.4 Å². The van der Waals surface area contributed by atoms with Crippen LogP contribution in [0.2, 0.25) is 0 Å². The Morgan fingerprint density at radius 2 is 1.85 bits per heavy atom. The third kappa shape index (κ3) is 6.08. The molecule has 0 spiro atoms. The van der Waals surface area contributed by atoms with E-state index in [0.29, 0.717) is 10.9 Å². The maximum Gasteiger partial charge on any atom is 0.424 e. The van der Waals surface area contributed by atoms with E-state index in [9.17, 15) is 37.1 Å². The molecule has 3 heterocycles. The summed E-state index contributed by atoms with van der Waals surface area (Å²) >= 11 is 0. The van der Waals surface area contributed by atoms with Gasteiger partial charge >= 0.3 is 6.18 Å². The molecule has 2 aromatic carbocycles. The smallest absolute Gasteiger partial charge is 0.424 e. The fourth-order valence-corrected chi connectivity index (χ4v) is 5.29. The monoisotopic (exact) mass is 667 g/mol. The van der Waals surface area contributed by atoms with Crippen molar-refractivity contribution in [3.05, 3.63) is 83.4 Å². The number of hydrogen-bond donors (Lipinski definition) is 4. The molecule has 1 aliphatic carbocycles. The quantitative estimate of drug-likeness (QED) is 0.187. The number of pyridine rings is 2. The van der Waals surface area contributed by atoms with Crippen molar-refractivity contribution < 1.29 is 46.5 Å². The molecule has 0 radical (unpaired) electrons. The Kier molecular flexibility index (Phi) is 8.19. The molecule has 5 N–H and O–H groups in total. The number of benzene rings is 2. The lowest BCUT2D eigenvalue weighted by molar-refractivity contribution is -0.265. The molecule has 1 saturated carbocycles. The Balaban J connectivity index is 1.35. The van der Waals surface area contributed by atoms with Gasteiger partial charge in [0.25, 0.3) is 11.8 Å². The number of primary amides is 1. The second kappa shape index (κ2) is 12.0. The van der Waals surface area contributed by atoms with E-state index in [2.05, 4.69) is 20.6 Å². The summed E-state index contributed by atoms with van der Waals surface area (Å²) < 4.78 is 69.4. The summed E-state index contributed by atoms with van der Waals surface area (Å²) in [4.78, 5) is 46.3. The molecule has 4 aromatic rings. The van der Waals surface area contributed by atoms with Gasteiger partial charge in [-0.05, 0) is 68.3 Å². The first-order valence-electron chi connectivity index (χ1n) is 14.8. The van der Waals surface area contributed by atoms with Crippen LogP contribution in [0.25, 0.3) is 22.2 Å². The minimum absolute atomic E-state index is 0.0465. The number of aromatic nitrogens is 2. The Bertz CT molecular complexity index is 1930. The van der Waals surface area contributed by atoms with E-state index in [-0.39, 0.29) is 59.0 Å². The number of rotatable bonds is 10. The van der Waals surface area contributed by atoms with E-state index >= 15 is 0 Å². The van der Waals surface area contributed by atoms with Crippen LogP contribution in [0.4, 0.5) is 17.6 Å². The van der Waals surface area contributed by atoms with E-state index < -0.39 is 47.1 Å². The molecular formula is C33H29F4N5O6. The Hall–Kier alpha value is -5.31. The zero-order valence-corrected chi connectivity index (χ0v) is 25.4. The molecule has 11 nitrogen and oxygen atoms in total. The zero-order chi connectivity index (χ0) is 34.4. The van der Waals surface area contributed by atoms with Gasteiger partial charge < -0.3 is 30.9 Å². The van der Waals surface area contributed by atoms with Crippen LogP contribution in [-0.2, 0) is 20.6 Å². The lowest BCUT2D eigenvalue weighted by Crippen LogP contribution is -2.51. The highest BCUT2D eigenvalue weighted by Gasteiger charge is 2.57. The number of fused-ring (bicyclic) bond motifs is 2. The number of carbonyl (C=O) groups excluding carboxylic acids is 3. The lowest BCUT2D eigenvalue weighted by Gasteiger charge is -2.31. The van der Waals surface area contributed by atoms with Crippen molar-refractivity contribution in [3.63, 3.8) is 0 Å². The van der Waals surface area contributed by atoms with Gasteiger partial charge in [-0.15, -0.1) is 0 Å². The molecule has 250 valence electrons. The van der Waals surface area contributed by atoms with Gasteiger partial charge in [-0.2, -0.15) is 13.2 Å². The average Bonchev–Trinajstić information content (AvgIpc) is 3.80. The number of hydrogen-bond acceptors (Lipinski definition) is 8. The number of halogens is 4. The third-order valence-corrected chi connectivity index (χ3v) is 8.36. The summed E-state index contributed by atoms with van der Waals surface area (Å²) in [6, 6.07) is 11.4. The van der Waals surface area contributed by atoms with Crippen LogP contribution in [0, 0.1) is 5.82 Å². The summed E-state index contributed by atoms with van der Waals surface area (Å²) in [7, 11) is 0. The third-order valence-electron chi connectivity index (χ3n) is 8.36. The first kappa shape index (κ1) is 32.6. The Labute approximate surface area is 270 Å². The van der Waals surface area contributed by atoms with Crippen LogP contribution >= 0.6 is 0 Å². The molecule has 6 rings (SSSR count). The minimum Gasteiger partial charge on any atom is -0.489 e. The first-order chi connectivity index (χ1) is 22.7. The summed E-state index contributed by atoms with van der Waals surface area (Å²) in [5.74, 6) is -2.93. The maximum atomic E-state index is 14.8. The molecule has 2 atom stereocenters. The highest BCUT2D eigenvalue weighted by atomic mass is 19.4. The minimum atomic E-state index is -5.40. The van der Waals surface area contributed by atoms with Gasteiger partial charge in [0.1, 0.15) is 40.5 Å². The van der Waals surface area contributed by atoms with Crippen molar-refractivity contribution in [3.8, 4) is 22.8 Å². The van der Waals surface area contributed by atoms with Crippen LogP contribution in [0.15, 0.2) is 60.8 Å². The number of aliphatic hydroxyl groups is 1. The fraction of sp³-hybridized carbons (Fsp3) is 0.303. The topological polar surface area (TPSA) is 166 Å². The van der Waals surface area contributed by atoms with Gasteiger partial charge in [-0.3, -0.25) is 19.4 Å². The van der Waals surface area contributed by atoms with Gasteiger partial charge in [-0.1, -0.05) is 6.07 Å². The Morgan fingerprint density at radius 3 is 2.52 bits per heavy atom. The number of nitrogens with one attached hydrogen (secondary N) is 2. The maximum absolute atomic E-state index is 14.8. The molecule has 1 unspecified atom stereocenters. The number of nitrogens with two attached hydrogens (primary N) is 1. The molecular weight excluding hydrogens is 638 g/mol. The summed E-state index contributed by atoms with van der Waals surface area (Å²) in [5.41, 5.74) is -0.678. The first-order valence-corrected chi connectivity index (χ1v) is 14.8. The van der Waals surface area contributed by atoms with Gasteiger partial charge in [0.15, 0.2) is 6.61 Å². The molecule has 1 aliphatic heterocycles. The normalized spacial score (nSPS) is 18.4. The molecule has 3 amide bonds. The van der Waals surface area contributed by atoms with E-state index in [1.165, 1.54) is 37.4 Å². The highest BCUT2D eigenvalue weighted by Crippen LogP contribution is 2.47. The van der Waals surface area contributed by atoms with Gasteiger partial charge in [-0.25, -0.2) is 9.37 Å². The van der Waals surface area contributed by atoms with Crippen LogP contribution < -0.4 is 25.8 Å². The van der Waals surface area contributed by atoms with Crippen LogP contribution in [-0.4, -0.2) is 64.8 Å². The lowest BCUT2D eigenvalue weighted by atomic mass is 9.81. The predicted octanol–water partition coefficient (Wildman–Crippen LogP) is 3.41. The average molecular weight is 668 g/mol. The number of carbonyl (C=O) groups is 3. The van der Waals surface area contributed by atoms with Crippen molar-refractivity contribution in [1.82, 2.24) is 20.6 Å². The molecule has 1 fully saturated rings. The van der Waals surface area contributed by atoms with E-state index in [4.69, 9.17) is 15.2 Å². The van der Waals surface area contributed by atoms with E-state index in [1.54, 1.807) is 12.1 Å². The molecule has 48 heavy (non-hydrogen) atoms. The SMILES string of the molecule is C[C@]1(C(N)=O)COc2c1cc(C(O)(CNC(=O)c1cc(OCC(=O)NC3CC3)c3ncccc3c1)C(F)(F)F)nc2-c1ccc(F)cc1. The zero-order valence-electron chi connectivity index (χ0n) is 25.4. The fourth-order valence-electron chi connectivity index (χ4n) is 5.29. The molecule has 0 saturated heterocycles. The molecule has 15 heteroatoms. The largest absolute Gasteiger partial charge is 0.489 e. The van der Waals surface area contributed by atoms with Crippen molar-refractivity contribution in [2.24, 2.45) is 5.73 Å². The number of ether oxygens (including phenoxy) is 2. The number of nitrogens with zero attached hydrogens (tertiary/aromatic N) is 2. The summed E-state index contributed by atoms with van der Waals surface area (Å²) in [6.45, 7) is -0.724. The van der Waals surface area contributed by atoms with Crippen molar-refractivity contribution in [2.75, 3.05) is 19.8 Å². The van der Waals surface area contributed by atoms with E-state index in [1.807, 2.05) is 0 Å². The number of alkyl halides is 3. The standard InChI is InChI=1S/C33H29F4N5O6/c1-31(30(38)45)16-48-28-22(31)13-24(42-27(28)17-4-6-20(34)7-5-17)32(46,33(35,36)37)15-40-29(44)19-11-18-3-2-10-39-26(18)23(12-19)47-14-25(43)41-21-8-9-21/h2-7,10-13,21,46H,8-9,14-16H2,1H3,(H2,38,45)(H,40,44)(H,41,43)/t31-,32?/m0/s1. The molecule has 2 aromatic heterocycles. The van der Waals surface area contributed by atoms with Crippen molar-refractivity contribution in [1.29, 1.82) is 0 Å². The van der Waals surface area contributed by atoms with Crippen LogP contribution in [0.3, 0.4) is 0 Å². The molecule has 2 aliphatic rings. The predicted molar refractivity (Wildman–Crippen MR) is 162 cm³/mol. The number of amides is 3.